The molecule has 3 amide bonds. The Morgan fingerprint density at radius 2 is 2.05 bits per heavy atom. The number of amides is 3. The van der Waals surface area contributed by atoms with Gasteiger partial charge in [0.05, 0.1) is 34.3 Å². The number of carbonyl (C=O) groups excluding carboxylic acids is 2. The Balaban J connectivity index is 1.29. The molecule has 1 saturated heterocycles. The molecule has 2 aliphatic rings. The number of benzene rings is 1. The Morgan fingerprint density at radius 3 is 2.83 bits per heavy atom. The van der Waals surface area contributed by atoms with Gasteiger partial charge in [0.25, 0.3) is 5.91 Å². The average molecular weight is 554 g/mol. The smallest absolute Gasteiger partial charge is 0.331 e. The van der Waals surface area contributed by atoms with E-state index in [2.05, 4.69) is 43.6 Å². The first-order valence-electron chi connectivity index (χ1n) is 12.9. The lowest BCUT2D eigenvalue weighted by molar-refractivity contribution is 0.0920. The Morgan fingerprint density at radius 1 is 1.23 bits per heavy atom. The number of ether oxygens (including phenoxy) is 1. The highest BCUT2D eigenvalue weighted by Gasteiger charge is 2.34. The lowest BCUT2D eigenvalue weighted by atomic mass is 10.0. The van der Waals surface area contributed by atoms with Crippen LogP contribution in [0.1, 0.15) is 28.2 Å². The quantitative estimate of drug-likeness (QED) is 0.280. The molecule has 202 valence electrons. The van der Waals surface area contributed by atoms with Gasteiger partial charge in [0.2, 0.25) is 0 Å². The summed E-state index contributed by atoms with van der Waals surface area (Å²) in [5.74, 6) is 0.372. The molecule has 4 aromatic rings. The number of nitrogens with one attached hydrogen (secondary N) is 2. The van der Waals surface area contributed by atoms with E-state index < -0.39 is 6.03 Å². The third-order valence-corrected chi connectivity index (χ3v) is 8.07. The van der Waals surface area contributed by atoms with Crippen molar-refractivity contribution in [2.75, 3.05) is 23.3 Å². The molecule has 0 bridgehead atoms. The maximum atomic E-state index is 13.5. The van der Waals surface area contributed by atoms with Crippen LogP contribution < -0.4 is 20.3 Å². The third-order valence-electron chi connectivity index (χ3n) is 6.98. The van der Waals surface area contributed by atoms with Crippen molar-refractivity contribution in [3.05, 3.63) is 84.3 Å². The highest BCUT2D eigenvalue weighted by atomic mass is 32.1. The summed E-state index contributed by atoms with van der Waals surface area (Å²) in [7, 11) is 0. The van der Waals surface area contributed by atoms with E-state index in [-0.39, 0.29) is 18.0 Å². The van der Waals surface area contributed by atoms with Crippen LogP contribution in [0, 0.1) is 6.92 Å². The van der Waals surface area contributed by atoms with Crippen molar-refractivity contribution in [3.8, 4) is 11.8 Å². The second-order valence-corrected chi connectivity index (χ2v) is 10.6. The van der Waals surface area contributed by atoms with Crippen molar-refractivity contribution in [1.29, 1.82) is 0 Å². The molecule has 3 aromatic heterocycles. The zero-order valence-electron chi connectivity index (χ0n) is 21.9. The zero-order chi connectivity index (χ0) is 27.8. The van der Waals surface area contributed by atoms with Crippen LogP contribution in [0.4, 0.5) is 21.9 Å². The first kappa shape index (κ1) is 25.5. The van der Waals surface area contributed by atoms with Crippen molar-refractivity contribution in [3.63, 3.8) is 0 Å². The molecular weight excluding hydrogens is 526 g/mol. The van der Waals surface area contributed by atoms with Crippen LogP contribution in [0.5, 0.6) is 11.8 Å². The molecule has 10 nitrogen and oxygen atoms in total. The van der Waals surface area contributed by atoms with E-state index in [0.29, 0.717) is 50.1 Å². The van der Waals surface area contributed by atoms with Gasteiger partial charge in [-0.3, -0.25) is 9.69 Å². The number of para-hydroxylation sites is 1. The Kier molecular flexibility index (Phi) is 6.64. The van der Waals surface area contributed by atoms with Gasteiger partial charge in [-0.15, -0.1) is 11.3 Å². The number of anilines is 3. The van der Waals surface area contributed by atoms with Crippen molar-refractivity contribution in [2.45, 2.75) is 25.8 Å². The molecule has 1 aromatic carbocycles. The van der Waals surface area contributed by atoms with Gasteiger partial charge < -0.3 is 20.3 Å². The molecule has 1 atom stereocenters. The lowest BCUT2D eigenvalue weighted by Crippen LogP contribution is -2.47. The number of carbonyl (C=O) groups is 2. The number of urea groups is 1. The first-order chi connectivity index (χ1) is 19.4. The van der Waals surface area contributed by atoms with Gasteiger partial charge in [0.1, 0.15) is 15.5 Å². The van der Waals surface area contributed by atoms with Crippen molar-refractivity contribution in [2.24, 2.45) is 0 Å². The summed E-state index contributed by atoms with van der Waals surface area (Å²) in [6, 6.07) is 10.7. The number of nitrogens with zero attached hydrogens (tertiary/aromatic N) is 5. The zero-order valence-corrected chi connectivity index (χ0v) is 22.7. The van der Waals surface area contributed by atoms with Crippen LogP contribution in [0.15, 0.2) is 73.7 Å². The fourth-order valence-electron chi connectivity index (χ4n) is 5.02. The SMILES string of the molecule is C=CC(=C)N1CCC[C@@H](NC(=O)c2sc3nccc4c3c2NC(=O)N4c2cnc(Oc3ccccc3)nc2C)C1. The molecule has 0 saturated carbocycles. The molecule has 0 unspecified atom stereocenters. The van der Waals surface area contributed by atoms with Gasteiger partial charge in [-0.05, 0) is 44.0 Å². The second-order valence-electron chi connectivity index (χ2n) is 9.57. The molecule has 0 aliphatic carbocycles. The van der Waals surface area contributed by atoms with E-state index in [9.17, 15) is 9.59 Å². The summed E-state index contributed by atoms with van der Waals surface area (Å²) in [6.45, 7) is 11.2. The minimum Gasteiger partial charge on any atom is -0.424 e. The summed E-state index contributed by atoms with van der Waals surface area (Å²) in [4.78, 5) is 45.0. The van der Waals surface area contributed by atoms with Crippen molar-refractivity contribution < 1.29 is 14.3 Å². The van der Waals surface area contributed by atoms with Gasteiger partial charge >= 0.3 is 12.0 Å². The molecule has 1 fully saturated rings. The van der Waals surface area contributed by atoms with Crippen LogP contribution in [0.2, 0.25) is 0 Å². The number of allylic oxidation sites excluding steroid dienone is 1. The Bertz CT molecular complexity index is 1650. The number of hydrogen-bond donors (Lipinski definition) is 2. The van der Waals surface area contributed by atoms with E-state index in [4.69, 9.17) is 4.74 Å². The number of aryl methyl sites for hydroxylation is 1. The number of hydrogen-bond acceptors (Lipinski definition) is 8. The summed E-state index contributed by atoms with van der Waals surface area (Å²) >= 11 is 1.25. The highest BCUT2D eigenvalue weighted by Crippen LogP contribution is 2.46. The summed E-state index contributed by atoms with van der Waals surface area (Å²) in [5, 5.41) is 6.77. The number of rotatable bonds is 7. The number of piperidine rings is 1. The molecule has 2 N–H and O–H groups in total. The fraction of sp³-hybridized carbons (Fsp3) is 0.207. The molecule has 5 heterocycles. The molecule has 0 radical (unpaired) electrons. The summed E-state index contributed by atoms with van der Waals surface area (Å²) in [6.07, 6.45) is 6.72. The number of likely N-dealkylation sites (tertiary alicyclic amines) is 1. The highest BCUT2D eigenvalue weighted by molar-refractivity contribution is 7.21. The Hall–Kier alpha value is -4.77. The van der Waals surface area contributed by atoms with E-state index in [1.54, 1.807) is 31.5 Å². The van der Waals surface area contributed by atoms with E-state index in [1.807, 2.05) is 30.3 Å². The molecule has 2 aliphatic heterocycles. The maximum Gasteiger partial charge on any atom is 0.331 e. The first-order valence-corrected chi connectivity index (χ1v) is 13.7. The minimum absolute atomic E-state index is 0.0463. The number of pyridine rings is 1. The third kappa shape index (κ3) is 4.64. The fourth-order valence-corrected chi connectivity index (χ4v) is 6.04. The van der Waals surface area contributed by atoms with Gasteiger partial charge in [-0.2, -0.15) is 4.98 Å². The lowest BCUT2D eigenvalue weighted by Gasteiger charge is -2.35. The van der Waals surface area contributed by atoms with E-state index >= 15 is 0 Å². The minimum atomic E-state index is -0.415. The topological polar surface area (TPSA) is 113 Å². The second kappa shape index (κ2) is 10.4. The van der Waals surface area contributed by atoms with Gasteiger partial charge in [0, 0.05) is 31.0 Å². The largest absolute Gasteiger partial charge is 0.424 e. The van der Waals surface area contributed by atoms with Crippen LogP contribution in [-0.2, 0) is 0 Å². The monoisotopic (exact) mass is 553 g/mol. The molecule has 6 rings (SSSR count). The number of aromatic nitrogens is 3. The molecule has 11 heteroatoms. The van der Waals surface area contributed by atoms with Crippen molar-refractivity contribution in [1.82, 2.24) is 25.2 Å². The van der Waals surface area contributed by atoms with Crippen LogP contribution in [-0.4, -0.2) is 50.9 Å². The van der Waals surface area contributed by atoms with Gasteiger partial charge in [-0.25, -0.2) is 14.8 Å². The van der Waals surface area contributed by atoms with Crippen LogP contribution in [0.3, 0.4) is 0 Å². The van der Waals surface area contributed by atoms with Gasteiger partial charge in [0.15, 0.2) is 0 Å². The van der Waals surface area contributed by atoms with E-state index in [0.717, 1.165) is 25.1 Å². The predicted octanol–water partition coefficient (Wildman–Crippen LogP) is 5.76. The van der Waals surface area contributed by atoms with Crippen LogP contribution >= 0.6 is 11.3 Å². The summed E-state index contributed by atoms with van der Waals surface area (Å²) in [5.41, 5.74) is 2.97. The van der Waals surface area contributed by atoms with Crippen LogP contribution in [0.25, 0.3) is 10.2 Å². The average Bonchev–Trinajstić information content (AvgIpc) is 3.33. The Labute approximate surface area is 235 Å². The molecule has 0 spiro atoms. The van der Waals surface area contributed by atoms with E-state index in [1.165, 1.54) is 16.2 Å². The maximum absolute atomic E-state index is 13.5. The predicted molar refractivity (Wildman–Crippen MR) is 155 cm³/mol. The van der Waals surface area contributed by atoms with Crippen molar-refractivity contribution >= 4 is 50.6 Å². The number of thiophene rings is 1. The summed E-state index contributed by atoms with van der Waals surface area (Å²) < 4.78 is 5.75. The van der Waals surface area contributed by atoms with Gasteiger partial charge in [-0.1, -0.05) is 31.4 Å². The molecule has 40 heavy (non-hydrogen) atoms. The molecular formula is C29H27N7O3S. The normalized spacial score (nSPS) is 16.4. The standard InChI is InChI=1S/C29H27N7O3S/c1-4-17(2)35-14-8-9-19(16-35)33-26(37)25-24-23-21(12-13-30-27(23)40-25)36(29(38)34-24)22-15-31-28(32-18(22)3)39-20-10-6-5-7-11-20/h4-7,10-13,15,19H,1-2,8-9,14,16H2,3H3,(H,33,37)(H,34,38)/t19-/m1/s1.